The summed E-state index contributed by atoms with van der Waals surface area (Å²) >= 11 is 0. The molecule has 1 saturated heterocycles. The summed E-state index contributed by atoms with van der Waals surface area (Å²) in [6.07, 6.45) is 3.08. The largest absolute Gasteiger partial charge is 0.385 e. The van der Waals surface area contributed by atoms with Crippen LogP contribution in [-0.4, -0.2) is 49.9 Å². The van der Waals surface area contributed by atoms with Gasteiger partial charge in [-0.2, -0.15) is 5.26 Å². The lowest BCUT2D eigenvalue weighted by atomic mass is 9.99. The van der Waals surface area contributed by atoms with Crippen LogP contribution in [0.15, 0.2) is 11.8 Å². The monoisotopic (exact) mass is 309 g/mol. The molecule has 0 saturated carbocycles. The predicted octanol–water partition coefficient (Wildman–Crippen LogP) is 1.64. The van der Waals surface area contributed by atoms with Gasteiger partial charge in [-0.05, 0) is 32.6 Å². The van der Waals surface area contributed by atoms with Crippen molar-refractivity contribution in [3.63, 3.8) is 0 Å². The first-order chi connectivity index (χ1) is 10.6. The van der Waals surface area contributed by atoms with Crippen LogP contribution in [0.25, 0.3) is 0 Å². The molecule has 0 aliphatic carbocycles. The lowest BCUT2D eigenvalue weighted by molar-refractivity contribution is -0.132. The molecule has 0 aromatic carbocycles. The Balaban J connectivity index is 2.51. The molecule has 0 bridgehead atoms. The molecule has 0 aromatic heterocycles. The van der Waals surface area contributed by atoms with Crippen molar-refractivity contribution in [2.24, 2.45) is 5.92 Å². The number of likely N-dealkylation sites (tertiary alicyclic amines) is 1. The van der Waals surface area contributed by atoms with Gasteiger partial charge in [0.05, 0.1) is 6.54 Å². The summed E-state index contributed by atoms with van der Waals surface area (Å²) in [5, 5.41) is 12.1. The van der Waals surface area contributed by atoms with Crippen molar-refractivity contribution >= 4 is 5.91 Å². The Bertz CT molecular complexity index is 403. The average molecular weight is 309 g/mol. The van der Waals surface area contributed by atoms with Crippen LogP contribution in [0.5, 0.6) is 0 Å². The van der Waals surface area contributed by atoms with E-state index in [4.69, 9.17) is 9.47 Å². The summed E-state index contributed by atoms with van der Waals surface area (Å²) in [5.74, 6) is 0.445. The van der Waals surface area contributed by atoms with Gasteiger partial charge in [-0.3, -0.25) is 4.79 Å². The number of carbonyl (C=O) groups is 1. The zero-order valence-corrected chi connectivity index (χ0v) is 13.8. The van der Waals surface area contributed by atoms with Crippen LogP contribution in [-0.2, 0) is 14.3 Å². The fourth-order valence-corrected chi connectivity index (χ4v) is 2.32. The van der Waals surface area contributed by atoms with E-state index in [1.807, 2.05) is 19.9 Å². The highest BCUT2D eigenvalue weighted by atomic mass is 16.7. The third-order valence-corrected chi connectivity index (χ3v) is 3.66. The van der Waals surface area contributed by atoms with Crippen LogP contribution in [0.1, 0.15) is 33.6 Å². The molecule has 22 heavy (non-hydrogen) atoms. The Kier molecular flexibility index (Phi) is 8.56. The first-order valence-corrected chi connectivity index (χ1v) is 7.98. The molecule has 6 heteroatoms. The maximum absolute atomic E-state index is 12.3. The number of nitriles is 1. The second kappa shape index (κ2) is 10.2. The van der Waals surface area contributed by atoms with Crippen LogP contribution in [0, 0.1) is 17.2 Å². The van der Waals surface area contributed by atoms with Gasteiger partial charge in [0.25, 0.3) is 5.91 Å². The highest BCUT2D eigenvalue weighted by molar-refractivity contribution is 5.97. The maximum atomic E-state index is 12.3. The van der Waals surface area contributed by atoms with Crippen molar-refractivity contribution in [1.82, 2.24) is 10.2 Å². The van der Waals surface area contributed by atoms with Crippen LogP contribution in [0.3, 0.4) is 0 Å². The van der Waals surface area contributed by atoms with Gasteiger partial charge in [0.2, 0.25) is 0 Å². The van der Waals surface area contributed by atoms with E-state index in [1.54, 1.807) is 4.90 Å². The Morgan fingerprint density at radius 3 is 2.45 bits per heavy atom. The summed E-state index contributed by atoms with van der Waals surface area (Å²) in [5.41, 5.74) is 0.126. The van der Waals surface area contributed by atoms with Crippen LogP contribution >= 0.6 is 0 Å². The van der Waals surface area contributed by atoms with Gasteiger partial charge in [0.15, 0.2) is 6.29 Å². The first-order valence-electron chi connectivity index (χ1n) is 7.98. The number of nitrogens with zero attached hydrogens (tertiary/aromatic N) is 2. The predicted molar refractivity (Wildman–Crippen MR) is 83.7 cm³/mol. The molecule has 1 N–H and O–H groups in total. The van der Waals surface area contributed by atoms with E-state index in [0.29, 0.717) is 25.7 Å². The minimum Gasteiger partial charge on any atom is -0.385 e. The lowest BCUT2D eigenvalue weighted by Crippen LogP contribution is -2.39. The number of hydrogen-bond acceptors (Lipinski definition) is 5. The van der Waals surface area contributed by atoms with E-state index >= 15 is 0 Å². The van der Waals surface area contributed by atoms with Gasteiger partial charge in [0.1, 0.15) is 11.6 Å². The number of hydrogen-bond donors (Lipinski definition) is 1. The zero-order valence-electron chi connectivity index (χ0n) is 13.8. The van der Waals surface area contributed by atoms with Gasteiger partial charge in [-0.1, -0.05) is 6.92 Å². The molecule has 1 fully saturated rings. The van der Waals surface area contributed by atoms with Crippen molar-refractivity contribution in [3.8, 4) is 6.07 Å². The van der Waals surface area contributed by atoms with E-state index in [1.165, 1.54) is 6.20 Å². The molecule has 1 aliphatic rings. The molecular weight excluding hydrogens is 282 g/mol. The van der Waals surface area contributed by atoms with Crippen molar-refractivity contribution in [1.29, 1.82) is 5.26 Å². The van der Waals surface area contributed by atoms with E-state index in [0.717, 1.165) is 25.9 Å². The molecule has 6 nitrogen and oxygen atoms in total. The molecule has 0 unspecified atom stereocenters. The van der Waals surface area contributed by atoms with Gasteiger partial charge in [0, 0.05) is 32.5 Å². The smallest absolute Gasteiger partial charge is 0.265 e. The quantitative estimate of drug-likeness (QED) is 0.419. The standard InChI is InChI=1S/C16H27N3O3/c1-4-21-15(22-5-2)12-18-11-14(10-17)16(20)19-8-6-13(3)7-9-19/h11,13,15,18H,4-9,12H2,1-3H3/b14-11-. The molecule has 0 aromatic rings. The number of piperidine rings is 1. The van der Waals surface area contributed by atoms with Gasteiger partial charge < -0.3 is 19.7 Å². The van der Waals surface area contributed by atoms with Crippen LogP contribution in [0.4, 0.5) is 0 Å². The van der Waals surface area contributed by atoms with Crippen LogP contribution in [0.2, 0.25) is 0 Å². The number of rotatable bonds is 8. The molecule has 0 spiro atoms. The average Bonchev–Trinajstić information content (AvgIpc) is 2.52. The Morgan fingerprint density at radius 1 is 1.36 bits per heavy atom. The summed E-state index contributed by atoms with van der Waals surface area (Å²) in [4.78, 5) is 14.0. The third-order valence-electron chi connectivity index (χ3n) is 3.66. The third kappa shape index (κ3) is 6.04. The molecule has 1 amide bonds. The summed E-state index contributed by atoms with van der Waals surface area (Å²) in [6, 6.07) is 1.97. The van der Waals surface area contributed by atoms with Crippen molar-refractivity contribution in [3.05, 3.63) is 11.8 Å². The number of amides is 1. The molecule has 1 aliphatic heterocycles. The van der Waals surface area contributed by atoms with Gasteiger partial charge >= 0.3 is 0 Å². The molecule has 1 rings (SSSR count). The van der Waals surface area contributed by atoms with Crippen molar-refractivity contribution < 1.29 is 14.3 Å². The Hall–Kier alpha value is -1.58. The van der Waals surface area contributed by atoms with Gasteiger partial charge in [-0.25, -0.2) is 0 Å². The minimum atomic E-state index is -0.378. The Labute approximate surface area is 133 Å². The van der Waals surface area contributed by atoms with E-state index in [-0.39, 0.29) is 17.8 Å². The topological polar surface area (TPSA) is 74.6 Å². The molecule has 0 atom stereocenters. The second-order valence-electron chi connectivity index (χ2n) is 5.39. The Morgan fingerprint density at radius 2 is 1.95 bits per heavy atom. The summed E-state index contributed by atoms with van der Waals surface area (Å²) in [7, 11) is 0. The highest BCUT2D eigenvalue weighted by Crippen LogP contribution is 2.17. The zero-order chi connectivity index (χ0) is 16.4. The number of ether oxygens (including phenoxy) is 2. The second-order valence-corrected chi connectivity index (χ2v) is 5.39. The van der Waals surface area contributed by atoms with E-state index in [2.05, 4.69) is 12.2 Å². The van der Waals surface area contributed by atoms with Gasteiger partial charge in [-0.15, -0.1) is 0 Å². The number of nitrogens with one attached hydrogen (secondary N) is 1. The maximum Gasteiger partial charge on any atom is 0.265 e. The van der Waals surface area contributed by atoms with Crippen molar-refractivity contribution in [2.75, 3.05) is 32.8 Å². The minimum absolute atomic E-state index is 0.126. The normalized spacial score (nSPS) is 16.7. The summed E-state index contributed by atoms with van der Waals surface area (Å²) in [6.45, 7) is 8.91. The fourth-order valence-electron chi connectivity index (χ4n) is 2.32. The molecule has 0 radical (unpaired) electrons. The number of carbonyl (C=O) groups excluding carboxylic acids is 1. The lowest BCUT2D eigenvalue weighted by Gasteiger charge is -2.30. The molecule has 124 valence electrons. The van der Waals surface area contributed by atoms with E-state index in [9.17, 15) is 10.1 Å². The van der Waals surface area contributed by atoms with E-state index < -0.39 is 0 Å². The molecular formula is C16H27N3O3. The summed E-state index contributed by atoms with van der Waals surface area (Å²) < 4.78 is 10.8. The SMILES string of the molecule is CCOC(CN/C=C(/C#N)C(=O)N1CCC(C)CC1)OCC. The van der Waals surface area contributed by atoms with Crippen LogP contribution < -0.4 is 5.32 Å². The van der Waals surface area contributed by atoms with Crippen molar-refractivity contribution in [2.45, 2.75) is 39.9 Å². The molecule has 1 heterocycles. The fraction of sp³-hybridized carbons (Fsp3) is 0.750. The first kappa shape index (κ1) is 18.5. The highest BCUT2D eigenvalue weighted by Gasteiger charge is 2.23.